The average molecular weight is 468 g/mol. The molecule has 2 atom stereocenters. The van der Waals surface area contributed by atoms with E-state index in [1.54, 1.807) is 6.20 Å². The molecule has 1 N–H and O–H groups in total. The highest BCUT2D eigenvalue weighted by Crippen LogP contribution is 2.32. The highest BCUT2D eigenvalue weighted by Gasteiger charge is 2.40. The number of amides is 2. The van der Waals surface area contributed by atoms with E-state index in [1.807, 2.05) is 16.8 Å². The van der Waals surface area contributed by atoms with Crippen LogP contribution < -0.4 is 10.2 Å². The number of thiazole rings is 1. The number of rotatable bonds is 7. The van der Waals surface area contributed by atoms with Gasteiger partial charge in [0.05, 0.1) is 12.1 Å². The van der Waals surface area contributed by atoms with E-state index >= 15 is 0 Å². The van der Waals surface area contributed by atoms with Crippen molar-refractivity contribution in [2.45, 2.75) is 51.0 Å². The Balaban J connectivity index is 1.35. The van der Waals surface area contributed by atoms with Gasteiger partial charge in [-0.3, -0.25) is 9.59 Å². The molecule has 4 rings (SSSR count). The van der Waals surface area contributed by atoms with Crippen molar-refractivity contribution >= 4 is 39.9 Å². The first kappa shape index (κ1) is 22.8. The molecule has 3 aliphatic rings. The Morgan fingerprint density at radius 2 is 1.90 bits per heavy atom. The minimum atomic E-state index is -0.295. The summed E-state index contributed by atoms with van der Waals surface area (Å²) in [5.74, 6) is 0.930. The second-order valence-corrected chi connectivity index (χ2v) is 10.7. The van der Waals surface area contributed by atoms with Crippen molar-refractivity contribution in [3.63, 3.8) is 0 Å². The second-order valence-electron chi connectivity index (χ2n) is 9.09. The van der Waals surface area contributed by atoms with Crippen molar-refractivity contribution in [2.75, 3.05) is 51.2 Å². The fourth-order valence-electron chi connectivity index (χ4n) is 5.41. The number of nitrogens with one attached hydrogen (secondary N) is 1. The largest absolute Gasteiger partial charge is 0.345 e. The predicted molar refractivity (Wildman–Crippen MR) is 125 cm³/mol. The van der Waals surface area contributed by atoms with Crippen LogP contribution in [0.1, 0.15) is 44.9 Å². The van der Waals surface area contributed by atoms with Gasteiger partial charge in [0.25, 0.3) is 0 Å². The molecule has 2 amide bonds. The Labute approximate surface area is 194 Å². The van der Waals surface area contributed by atoms with Crippen molar-refractivity contribution in [3.8, 4) is 0 Å². The summed E-state index contributed by atoms with van der Waals surface area (Å²) in [7, 11) is 1.91. The molecule has 2 aliphatic heterocycles. The van der Waals surface area contributed by atoms with Crippen LogP contribution in [-0.2, 0) is 9.59 Å². The van der Waals surface area contributed by atoms with Gasteiger partial charge in [0.1, 0.15) is 10.4 Å². The first-order valence-corrected chi connectivity index (χ1v) is 12.9. The van der Waals surface area contributed by atoms with Crippen LogP contribution in [0.2, 0.25) is 4.34 Å². The molecule has 3 heterocycles. The summed E-state index contributed by atoms with van der Waals surface area (Å²) in [6.45, 7) is 4.23. The number of carbonyl (C=O) groups is 2. The summed E-state index contributed by atoms with van der Waals surface area (Å²) in [5.41, 5.74) is 0. The highest BCUT2D eigenvalue weighted by atomic mass is 35.5. The fraction of sp³-hybridized carbons (Fsp3) is 0.773. The monoisotopic (exact) mass is 467 g/mol. The average Bonchev–Trinajstić information content (AvgIpc) is 3.54. The SMILES string of the molecule is CNC[C@@H](CC1CCCC1)C(=O)N1CCC[C@H]1C(=O)N1CCN(c2ncc(Cl)s2)CC1. The van der Waals surface area contributed by atoms with Crippen molar-refractivity contribution < 1.29 is 9.59 Å². The lowest BCUT2D eigenvalue weighted by molar-refractivity contribution is -0.146. The van der Waals surface area contributed by atoms with Crippen molar-refractivity contribution in [1.82, 2.24) is 20.1 Å². The van der Waals surface area contributed by atoms with Gasteiger partial charge in [-0.05, 0) is 32.2 Å². The lowest BCUT2D eigenvalue weighted by Crippen LogP contribution is -2.55. The normalized spacial score (nSPS) is 23.5. The van der Waals surface area contributed by atoms with Gasteiger partial charge in [0, 0.05) is 39.3 Å². The Morgan fingerprint density at radius 1 is 1.16 bits per heavy atom. The number of hydrogen-bond acceptors (Lipinski definition) is 6. The summed E-state index contributed by atoms with van der Waals surface area (Å²) in [5, 5.41) is 4.13. The summed E-state index contributed by atoms with van der Waals surface area (Å²) in [6.07, 6.45) is 9.37. The molecule has 9 heteroatoms. The van der Waals surface area contributed by atoms with Gasteiger partial charge in [-0.25, -0.2) is 4.98 Å². The number of aromatic nitrogens is 1. The molecule has 0 unspecified atom stereocenters. The molecule has 1 aliphatic carbocycles. The smallest absolute Gasteiger partial charge is 0.245 e. The van der Waals surface area contributed by atoms with E-state index in [-0.39, 0.29) is 23.8 Å². The fourth-order valence-corrected chi connectivity index (χ4v) is 6.36. The summed E-state index contributed by atoms with van der Waals surface area (Å²) < 4.78 is 0.683. The van der Waals surface area contributed by atoms with E-state index in [0.29, 0.717) is 36.4 Å². The number of carbonyl (C=O) groups excluding carboxylic acids is 2. The Morgan fingerprint density at radius 3 is 2.55 bits per heavy atom. The van der Waals surface area contributed by atoms with E-state index in [1.165, 1.54) is 37.0 Å². The molecule has 172 valence electrons. The Kier molecular flexibility index (Phi) is 7.72. The van der Waals surface area contributed by atoms with E-state index in [0.717, 1.165) is 37.5 Å². The predicted octanol–water partition coefficient (Wildman–Crippen LogP) is 2.85. The molecule has 1 aromatic heterocycles. The number of halogens is 1. The standard InChI is InChI=1S/C22H34ClN5O2S/c1-24-14-17(13-16-5-2-3-6-16)20(29)28-8-4-7-18(28)21(30)26-9-11-27(12-10-26)22-25-15-19(23)31-22/h15-18,24H,2-14H2,1H3/t17-,18+/m1/s1. The van der Waals surface area contributed by atoms with Crippen LogP contribution in [0, 0.1) is 11.8 Å². The van der Waals surface area contributed by atoms with Gasteiger partial charge in [0.2, 0.25) is 11.8 Å². The molecule has 1 aromatic rings. The molecule has 0 radical (unpaired) electrons. The zero-order valence-corrected chi connectivity index (χ0v) is 20.0. The van der Waals surface area contributed by atoms with Gasteiger partial charge in [-0.2, -0.15) is 0 Å². The summed E-state index contributed by atoms with van der Waals surface area (Å²) in [4.78, 5) is 37.2. The van der Waals surface area contributed by atoms with Crippen LogP contribution in [0.25, 0.3) is 0 Å². The van der Waals surface area contributed by atoms with Crippen LogP contribution in [-0.4, -0.2) is 79.0 Å². The van der Waals surface area contributed by atoms with Crippen LogP contribution in [0.5, 0.6) is 0 Å². The van der Waals surface area contributed by atoms with Crippen molar-refractivity contribution in [2.24, 2.45) is 11.8 Å². The topological polar surface area (TPSA) is 68.8 Å². The number of nitrogens with zero attached hydrogens (tertiary/aromatic N) is 4. The molecule has 2 saturated heterocycles. The first-order valence-electron chi connectivity index (χ1n) is 11.7. The molecular formula is C22H34ClN5O2S. The van der Waals surface area contributed by atoms with E-state index in [9.17, 15) is 9.59 Å². The highest BCUT2D eigenvalue weighted by molar-refractivity contribution is 7.19. The molecule has 1 saturated carbocycles. The van der Waals surface area contributed by atoms with E-state index in [4.69, 9.17) is 11.6 Å². The van der Waals surface area contributed by atoms with Gasteiger partial charge in [0.15, 0.2) is 5.13 Å². The quantitative estimate of drug-likeness (QED) is 0.667. The third-order valence-electron chi connectivity index (χ3n) is 7.04. The van der Waals surface area contributed by atoms with Crippen LogP contribution in [0.15, 0.2) is 6.20 Å². The van der Waals surface area contributed by atoms with Gasteiger partial charge in [-0.1, -0.05) is 48.6 Å². The molecular weight excluding hydrogens is 434 g/mol. The number of likely N-dealkylation sites (tertiary alicyclic amines) is 1. The molecule has 0 aromatic carbocycles. The van der Waals surface area contributed by atoms with Gasteiger partial charge >= 0.3 is 0 Å². The molecule has 31 heavy (non-hydrogen) atoms. The van der Waals surface area contributed by atoms with Crippen LogP contribution >= 0.6 is 22.9 Å². The van der Waals surface area contributed by atoms with Crippen LogP contribution in [0.3, 0.4) is 0 Å². The Hall–Kier alpha value is -1.38. The minimum absolute atomic E-state index is 0.0204. The maximum Gasteiger partial charge on any atom is 0.245 e. The molecule has 7 nitrogen and oxygen atoms in total. The maximum absolute atomic E-state index is 13.4. The number of piperazine rings is 1. The van der Waals surface area contributed by atoms with Gasteiger partial charge in [-0.15, -0.1) is 0 Å². The summed E-state index contributed by atoms with van der Waals surface area (Å²) >= 11 is 7.49. The first-order chi connectivity index (χ1) is 15.1. The minimum Gasteiger partial charge on any atom is -0.345 e. The molecule has 3 fully saturated rings. The zero-order chi connectivity index (χ0) is 21.8. The third kappa shape index (κ3) is 5.34. The van der Waals surface area contributed by atoms with Crippen molar-refractivity contribution in [3.05, 3.63) is 10.5 Å². The lowest BCUT2D eigenvalue weighted by Gasteiger charge is -2.38. The third-order valence-corrected chi connectivity index (χ3v) is 8.22. The van der Waals surface area contributed by atoms with E-state index < -0.39 is 0 Å². The van der Waals surface area contributed by atoms with Crippen molar-refractivity contribution in [1.29, 1.82) is 0 Å². The Bertz CT molecular complexity index is 761. The van der Waals surface area contributed by atoms with Crippen LogP contribution in [0.4, 0.5) is 5.13 Å². The molecule has 0 spiro atoms. The van der Waals surface area contributed by atoms with E-state index in [2.05, 4.69) is 15.2 Å². The maximum atomic E-state index is 13.4. The number of anilines is 1. The zero-order valence-electron chi connectivity index (χ0n) is 18.4. The second kappa shape index (κ2) is 10.5. The lowest BCUT2D eigenvalue weighted by atomic mass is 9.91. The number of hydrogen-bond donors (Lipinski definition) is 1. The van der Waals surface area contributed by atoms with Gasteiger partial charge < -0.3 is 20.0 Å². The summed E-state index contributed by atoms with van der Waals surface area (Å²) in [6, 6.07) is -0.295. The molecule has 0 bridgehead atoms.